The van der Waals surface area contributed by atoms with Gasteiger partial charge in [-0.05, 0) is 44.4 Å². The molecule has 1 aromatic carbocycles. The van der Waals surface area contributed by atoms with E-state index in [1.807, 2.05) is 12.1 Å². The highest BCUT2D eigenvalue weighted by Gasteiger charge is 2.16. The van der Waals surface area contributed by atoms with E-state index in [-0.39, 0.29) is 10.3 Å². The van der Waals surface area contributed by atoms with Crippen LogP contribution in [0.4, 0.5) is 5.82 Å². The molecule has 20 heavy (non-hydrogen) atoms. The van der Waals surface area contributed by atoms with Crippen molar-refractivity contribution in [1.29, 1.82) is 0 Å². The van der Waals surface area contributed by atoms with Gasteiger partial charge in [0.25, 0.3) is 0 Å². The van der Waals surface area contributed by atoms with E-state index in [0.717, 1.165) is 12.4 Å². The summed E-state index contributed by atoms with van der Waals surface area (Å²) in [5.41, 5.74) is 0.975. The lowest BCUT2D eigenvalue weighted by Crippen LogP contribution is -2.26. The highest BCUT2D eigenvalue weighted by atomic mass is 32.2. The Morgan fingerprint density at radius 1 is 1.35 bits per heavy atom. The van der Waals surface area contributed by atoms with Crippen molar-refractivity contribution in [3.8, 4) is 0 Å². The number of aromatic nitrogens is 1. The van der Waals surface area contributed by atoms with Crippen molar-refractivity contribution in [3.05, 3.63) is 35.9 Å². The topological polar surface area (TPSA) is 62.2 Å². The Kier molecular flexibility index (Phi) is 4.18. The third-order valence-electron chi connectivity index (χ3n) is 3.21. The Labute approximate surface area is 122 Å². The number of hydrogen-bond acceptors (Lipinski definition) is 4. The zero-order chi connectivity index (χ0) is 14.8. The fourth-order valence-corrected chi connectivity index (χ4v) is 2.03. The fraction of sp³-hybridized carbons (Fsp3) is 0.333. The largest absolute Gasteiger partial charge is 0.478 e. The van der Waals surface area contributed by atoms with E-state index in [9.17, 15) is 4.79 Å². The molecule has 0 bridgehead atoms. The van der Waals surface area contributed by atoms with Gasteiger partial charge in [0.1, 0.15) is 5.82 Å². The second-order valence-corrected chi connectivity index (χ2v) is 6.70. The minimum Gasteiger partial charge on any atom is -0.478 e. The van der Waals surface area contributed by atoms with Gasteiger partial charge in [0, 0.05) is 16.7 Å². The van der Waals surface area contributed by atoms with E-state index >= 15 is 0 Å². The molecule has 0 unspecified atom stereocenters. The van der Waals surface area contributed by atoms with Gasteiger partial charge in [0.15, 0.2) is 0 Å². The van der Waals surface area contributed by atoms with Crippen molar-refractivity contribution in [2.45, 2.75) is 18.6 Å². The molecule has 0 radical (unpaired) electrons. The molecule has 0 atom stereocenters. The molecule has 0 saturated heterocycles. The first kappa shape index (κ1) is 14.7. The van der Waals surface area contributed by atoms with E-state index in [4.69, 9.17) is 5.11 Å². The lowest BCUT2D eigenvalue weighted by atomic mass is 10.1. The molecular formula is C15H18N2O2S. The monoisotopic (exact) mass is 290 g/mol. The summed E-state index contributed by atoms with van der Waals surface area (Å²) in [6.45, 7) is 5.12. The summed E-state index contributed by atoms with van der Waals surface area (Å²) < 4.78 is 0.125. The summed E-state index contributed by atoms with van der Waals surface area (Å²) in [5.74, 6) is -0.163. The maximum Gasteiger partial charge on any atom is 0.336 e. The number of fused-ring (bicyclic) bond motifs is 1. The van der Waals surface area contributed by atoms with Crippen LogP contribution in [0.3, 0.4) is 0 Å². The number of carboxylic acids is 1. The van der Waals surface area contributed by atoms with Crippen LogP contribution in [0, 0.1) is 0 Å². The van der Waals surface area contributed by atoms with Gasteiger partial charge in [-0.15, -0.1) is 0 Å². The maximum atomic E-state index is 11.1. The molecule has 2 N–H and O–H groups in total. The number of rotatable bonds is 5. The number of hydrogen-bond donors (Lipinski definition) is 2. The smallest absolute Gasteiger partial charge is 0.336 e. The zero-order valence-electron chi connectivity index (χ0n) is 11.8. The molecule has 0 fully saturated rings. The minimum atomic E-state index is -0.929. The molecular weight excluding hydrogens is 272 g/mol. The predicted molar refractivity (Wildman–Crippen MR) is 84.8 cm³/mol. The average molecular weight is 290 g/mol. The molecule has 4 nitrogen and oxygen atoms in total. The number of nitrogens with one attached hydrogen (secondary N) is 1. The molecule has 5 heteroatoms. The SMILES string of the molecule is CSC(C)(C)CNc1ccc2c(C(=O)O)cccc2n1. The standard InChI is InChI=1S/C15H18N2O2S/c1-15(2,20-3)9-16-13-8-7-10-11(14(18)19)5-4-6-12(10)17-13/h4-8H,9H2,1-3H3,(H,16,17)(H,18,19). The number of carboxylic acid groups (broad SMARTS) is 1. The Hall–Kier alpha value is -1.75. The molecule has 0 aliphatic carbocycles. The van der Waals surface area contributed by atoms with Gasteiger partial charge in [-0.2, -0.15) is 11.8 Å². The van der Waals surface area contributed by atoms with Crippen LogP contribution in [-0.2, 0) is 0 Å². The molecule has 0 amide bonds. The highest BCUT2D eigenvalue weighted by Crippen LogP contribution is 2.23. The van der Waals surface area contributed by atoms with Crippen molar-refractivity contribution < 1.29 is 9.90 Å². The second kappa shape index (κ2) is 5.71. The van der Waals surface area contributed by atoms with Gasteiger partial charge in [-0.3, -0.25) is 0 Å². The van der Waals surface area contributed by atoms with Gasteiger partial charge in [-0.1, -0.05) is 6.07 Å². The third kappa shape index (κ3) is 3.22. The van der Waals surface area contributed by atoms with Crippen molar-refractivity contribution in [3.63, 3.8) is 0 Å². The molecule has 2 rings (SSSR count). The number of anilines is 1. The van der Waals surface area contributed by atoms with Crippen molar-refractivity contribution >= 4 is 34.5 Å². The quantitative estimate of drug-likeness (QED) is 0.882. The van der Waals surface area contributed by atoms with Crippen LogP contribution in [0.1, 0.15) is 24.2 Å². The van der Waals surface area contributed by atoms with Crippen molar-refractivity contribution in [2.24, 2.45) is 0 Å². The maximum absolute atomic E-state index is 11.1. The third-order valence-corrected chi connectivity index (χ3v) is 4.46. The van der Waals surface area contributed by atoms with Crippen LogP contribution in [-0.4, -0.2) is 33.6 Å². The Balaban J connectivity index is 2.29. The van der Waals surface area contributed by atoms with Gasteiger partial charge >= 0.3 is 5.97 Å². The van der Waals surface area contributed by atoms with Crippen LogP contribution in [0.2, 0.25) is 0 Å². The lowest BCUT2D eigenvalue weighted by Gasteiger charge is -2.22. The number of nitrogens with zero attached hydrogens (tertiary/aromatic N) is 1. The van der Waals surface area contributed by atoms with Crippen molar-refractivity contribution in [2.75, 3.05) is 18.1 Å². The lowest BCUT2D eigenvalue weighted by molar-refractivity contribution is 0.0699. The van der Waals surface area contributed by atoms with E-state index in [1.165, 1.54) is 0 Å². The van der Waals surface area contributed by atoms with Gasteiger partial charge in [-0.25, -0.2) is 9.78 Å². The molecule has 106 valence electrons. The van der Waals surface area contributed by atoms with Crippen LogP contribution >= 0.6 is 11.8 Å². The molecule has 2 aromatic rings. The molecule has 1 heterocycles. The molecule has 0 aliphatic heterocycles. The van der Waals surface area contributed by atoms with Gasteiger partial charge in [0.05, 0.1) is 11.1 Å². The Morgan fingerprint density at radius 3 is 2.75 bits per heavy atom. The van der Waals surface area contributed by atoms with Gasteiger partial charge < -0.3 is 10.4 Å². The first-order chi connectivity index (χ1) is 9.43. The molecule has 1 aromatic heterocycles. The van der Waals surface area contributed by atoms with Crippen LogP contribution in [0.25, 0.3) is 10.9 Å². The first-order valence-electron chi connectivity index (χ1n) is 6.35. The highest BCUT2D eigenvalue weighted by molar-refractivity contribution is 7.99. The summed E-state index contributed by atoms with van der Waals surface area (Å²) in [6, 6.07) is 8.77. The summed E-state index contributed by atoms with van der Waals surface area (Å²) in [6.07, 6.45) is 2.08. The molecule has 0 spiro atoms. The van der Waals surface area contributed by atoms with Crippen LogP contribution < -0.4 is 5.32 Å². The Morgan fingerprint density at radius 2 is 2.10 bits per heavy atom. The Bertz CT molecular complexity index is 641. The number of aromatic carboxylic acids is 1. The normalized spacial score (nSPS) is 11.6. The number of carbonyl (C=O) groups is 1. The van der Waals surface area contributed by atoms with Crippen LogP contribution in [0.5, 0.6) is 0 Å². The van der Waals surface area contributed by atoms with Crippen LogP contribution in [0.15, 0.2) is 30.3 Å². The fourth-order valence-electron chi connectivity index (χ4n) is 1.82. The summed E-state index contributed by atoms with van der Waals surface area (Å²) in [4.78, 5) is 15.6. The van der Waals surface area contributed by atoms with Gasteiger partial charge in [0.2, 0.25) is 0 Å². The summed E-state index contributed by atoms with van der Waals surface area (Å²) in [5, 5.41) is 13.1. The van der Waals surface area contributed by atoms with Crippen molar-refractivity contribution in [1.82, 2.24) is 4.98 Å². The molecule has 0 aliphatic rings. The second-order valence-electron chi connectivity index (χ2n) is 5.19. The first-order valence-corrected chi connectivity index (χ1v) is 7.57. The summed E-state index contributed by atoms with van der Waals surface area (Å²) >= 11 is 1.79. The predicted octanol–water partition coefficient (Wildman–Crippen LogP) is 3.49. The zero-order valence-corrected chi connectivity index (χ0v) is 12.6. The number of benzene rings is 1. The molecule has 0 saturated carbocycles. The number of pyridine rings is 1. The van der Waals surface area contributed by atoms with E-state index < -0.39 is 5.97 Å². The summed E-state index contributed by atoms with van der Waals surface area (Å²) in [7, 11) is 0. The van der Waals surface area contributed by atoms with E-state index in [1.54, 1.807) is 30.0 Å². The average Bonchev–Trinajstić information content (AvgIpc) is 2.44. The number of thioether (sulfide) groups is 1. The van der Waals surface area contributed by atoms with E-state index in [2.05, 4.69) is 30.4 Å². The van der Waals surface area contributed by atoms with E-state index in [0.29, 0.717) is 10.9 Å². The minimum absolute atomic E-state index is 0.125.